The van der Waals surface area contributed by atoms with Crippen LogP contribution in [0.15, 0.2) is 28.8 Å². The summed E-state index contributed by atoms with van der Waals surface area (Å²) in [5.74, 6) is 2.40. The van der Waals surface area contributed by atoms with Gasteiger partial charge in [-0.1, -0.05) is 24.2 Å². The Labute approximate surface area is 160 Å². The van der Waals surface area contributed by atoms with Crippen molar-refractivity contribution in [3.05, 3.63) is 46.8 Å². The molecule has 2 aromatic rings. The summed E-state index contributed by atoms with van der Waals surface area (Å²) < 4.78 is 10.7. The Morgan fingerprint density at radius 3 is 2.89 bits per heavy atom. The molecule has 0 saturated carbocycles. The molecule has 1 unspecified atom stereocenters. The molecular weight excluding hydrogens is 342 g/mol. The molecule has 1 amide bonds. The van der Waals surface area contributed by atoms with Gasteiger partial charge in [0.25, 0.3) is 5.91 Å². The second-order valence-corrected chi connectivity index (χ2v) is 7.70. The highest BCUT2D eigenvalue weighted by Gasteiger charge is 2.31. The van der Waals surface area contributed by atoms with Gasteiger partial charge in [0, 0.05) is 44.7 Å². The summed E-state index contributed by atoms with van der Waals surface area (Å²) in [6.45, 7) is 6.26. The molecule has 1 aromatic carbocycles. The summed E-state index contributed by atoms with van der Waals surface area (Å²) in [6.07, 6.45) is 2.90. The summed E-state index contributed by atoms with van der Waals surface area (Å²) >= 11 is 0. The van der Waals surface area contributed by atoms with Crippen LogP contribution in [0.1, 0.15) is 40.7 Å². The average Bonchev–Trinajstić information content (AvgIpc) is 3.11. The predicted octanol–water partition coefficient (Wildman–Crippen LogP) is 2.77. The first-order valence-electron chi connectivity index (χ1n) is 9.76. The van der Waals surface area contributed by atoms with Gasteiger partial charge in [0.15, 0.2) is 5.69 Å². The number of benzene rings is 1. The maximum Gasteiger partial charge on any atom is 0.276 e. The van der Waals surface area contributed by atoms with Crippen molar-refractivity contribution in [2.45, 2.75) is 32.7 Å². The van der Waals surface area contributed by atoms with Gasteiger partial charge >= 0.3 is 0 Å². The highest BCUT2D eigenvalue weighted by atomic mass is 16.5. The first-order valence-corrected chi connectivity index (χ1v) is 9.76. The van der Waals surface area contributed by atoms with Crippen molar-refractivity contribution in [2.75, 3.05) is 33.3 Å². The molecule has 1 atom stereocenters. The molecule has 0 bridgehead atoms. The molecule has 6 nitrogen and oxygen atoms in total. The van der Waals surface area contributed by atoms with Crippen LogP contribution in [0.25, 0.3) is 0 Å². The van der Waals surface area contributed by atoms with Crippen LogP contribution in [-0.4, -0.2) is 54.2 Å². The van der Waals surface area contributed by atoms with Gasteiger partial charge in [-0.25, -0.2) is 0 Å². The smallest absolute Gasteiger partial charge is 0.276 e. The van der Waals surface area contributed by atoms with Gasteiger partial charge < -0.3 is 14.2 Å². The standard InChI is InChI=1S/C21H27N3O3/c1-15-6-7-19-18(12-15)20(22-27-19)21(25)24-10-8-23(9-11-24)14-16-4-3-5-17(13-16)26-2/h3-5,13,15H,6-12,14H2,1-2H3. The van der Waals surface area contributed by atoms with E-state index in [0.717, 1.165) is 69.1 Å². The maximum atomic E-state index is 13.0. The molecule has 1 aliphatic carbocycles. The number of piperazine rings is 1. The molecule has 0 N–H and O–H groups in total. The van der Waals surface area contributed by atoms with E-state index in [1.54, 1.807) is 7.11 Å². The zero-order valence-corrected chi connectivity index (χ0v) is 16.1. The van der Waals surface area contributed by atoms with E-state index >= 15 is 0 Å². The molecule has 27 heavy (non-hydrogen) atoms. The van der Waals surface area contributed by atoms with Gasteiger partial charge in [-0.2, -0.15) is 0 Å². The second-order valence-electron chi connectivity index (χ2n) is 7.70. The van der Waals surface area contributed by atoms with Gasteiger partial charge in [0.2, 0.25) is 0 Å². The number of ether oxygens (including phenoxy) is 1. The number of hydrogen-bond acceptors (Lipinski definition) is 5. The Hall–Kier alpha value is -2.34. The zero-order valence-electron chi connectivity index (χ0n) is 16.1. The Kier molecular flexibility index (Phi) is 5.16. The maximum absolute atomic E-state index is 13.0. The van der Waals surface area contributed by atoms with Gasteiger partial charge in [-0.15, -0.1) is 0 Å². The number of hydrogen-bond donors (Lipinski definition) is 0. The lowest BCUT2D eigenvalue weighted by atomic mass is 9.88. The van der Waals surface area contributed by atoms with Gasteiger partial charge in [0.05, 0.1) is 7.11 Å². The van der Waals surface area contributed by atoms with Crippen LogP contribution in [0, 0.1) is 5.92 Å². The quantitative estimate of drug-likeness (QED) is 0.829. The first-order chi connectivity index (χ1) is 13.1. The highest BCUT2D eigenvalue weighted by Crippen LogP contribution is 2.28. The first kappa shape index (κ1) is 18.0. The van der Waals surface area contributed by atoms with Crippen LogP contribution < -0.4 is 4.74 Å². The number of carbonyl (C=O) groups excluding carboxylic acids is 1. The highest BCUT2D eigenvalue weighted by molar-refractivity contribution is 5.94. The number of methoxy groups -OCH3 is 1. The molecule has 6 heteroatoms. The lowest BCUT2D eigenvalue weighted by Gasteiger charge is -2.34. The van der Waals surface area contributed by atoms with Crippen molar-refractivity contribution in [2.24, 2.45) is 5.92 Å². The monoisotopic (exact) mass is 369 g/mol. The largest absolute Gasteiger partial charge is 0.497 e. The van der Waals surface area contributed by atoms with E-state index in [-0.39, 0.29) is 5.91 Å². The van der Waals surface area contributed by atoms with Gasteiger partial charge in [0.1, 0.15) is 11.5 Å². The Morgan fingerprint density at radius 2 is 2.11 bits per heavy atom. The summed E-state index contributed by atoms with van der Waals surface area (Å²) in [5, 5.41) is 4.12. The zero-order chi connectivity index (χ0) is 18.8. The Bertz CT molecular complexity index is 809. The molecule has 1 fully saturated rings. The summed E-state index contributed by atoms with van der Waals surface area (Å²) in [5.41, 5.74) is 2.81. The summed E-state index contributed by atoms with van der Waals surface area (Å²) in [6, 6.07) is 8.16. The number of aryl methyl sites for hydroxylation is 1. The summed E-state index contributed by atoms with van der Waals surface area (Å²) in [4.78, 5) is 17.2. The number of fused-ring (bicyclic) bond motifs is 1. The fraction of sp³-hybridized carbons (Fsp3) is 0.524. The van der Waals surface area contributed by atoms with Crippen LogP contribution in [-0.2, 0) is 19.4 Å². The normalized spacial score (nSPS) is 20.4. The lowest BCUT2D eigenvalue weighted by Crippen LogP contribution is -2.48. The minimum Gasteiger partial charge on any atom is -0.497 e. The Balaban J connectivity index is 1.36. The van der Waals surface area contributed by atoms with Crippen molar-refractivity contribution in [3.8, 4) is 5.75 Å². The minimum atomic E-state index is 0.0233. The predicted molar refractivity (Wildman–Crippen MR) is 102 cm³/mol. The van der Waals surface area contributed by atoms with E-state index in [0.29, 0.717) is 11.6 Å². The summed E-state index contributed by atoms with van der Waals surface area (Å²) in [7, 11) is 1.69. The molecule has 4 rings (SSSR count). The fourth-order valence-corrected chi connectivity index (χ4v) is 4.03. The van der Waals surface area contributed by atoms with Gasteiger partial charge in [-0.05, 0) is 36.5 Å². The van der Waals surface area contributed by atoms with E-state index in [1.165, 1.54) is 5.56 Å². The number of amides is 1. The van der Waals surface area contributed by atoms with Crippen LogP contribution in [0.4, 0.5) is 0 Å². The second kappa shape index (κ2) is 7.72. The topological polar surface area (TPSA) is 58.8 Å². The van der Waals surface area contributed by atoms with Crippen molar-refractivity contribution in [1.82, 2.24) is 15.0 Å². The fourth-order valence-electron chi connectivity index (χ4n) is 4.03. The molecule has 1 saturated heterocycles. The molecule has 144 valence electrons. The molecule has 0 radical (unpaired) electrons. The SMILES string of the molecule is COc1cccc(CN2CCN(C(=O)c3noc4c3CC(C)CC4)CC2)c1. The van der Waals surface area contributed by atoms with E-state index in [1.807, 2.05) is 17.0 Å². The van der Waals surface area contributed by atoms with E-state index < -0.39 is 0 Å². The number of aromatic nitrogens is 1. The molecule has 1 aromatic heterocycles. The molecule has 2 heterocycles. The number of rotatable bonds is 4. The van der Waals surface area contributed by atoms with E-state index in [9.17, 15) is 4.79 Å². The van der Waals surface area contributed by atoms with Gasteiger partial charge in [-0.3, -0.25) is 9.69 Å². The van der Waals surface area contributed by atoms with Crippen molar-refractivity contribution in [3.63, 3.8) is 0 Å². The van der Waals surface area contributed by atoms with Crippen LogP contribution in [0.2, 0.25) is 0 Å². The average molecular weight is 369 g/mol. The lowest BCUT2D eigenvalue weighted by molar-refractivity contribution is 0.0617. The van der Waals surface area contributed by atoms with Crippen molar-refractivity contribution in [1.29, 1.82) is 0 Å². The van der Waals surface area contributed by atoms with Crippen molar-refractivity contribution < 1.29 is 14.1 Å². The molecular formula is C21H27N3O3. The Morgan fingerprint density at radius 1 is 1.30 bits per heavy atom. The van der Waals surface area contributed by atoms with Crippen LogP contribution in [0.3, 0.4) is 0 Å². The molecule has 2 aliphatic rings. The third-order valence-electron chi connectivity index (χ3n) is 5.69. The molecule has 1 aliphatic heterocycles. The third kappa shape index (κ3) is 3.86. The number of carbonyl (C=O) groups is 1. The van der Waals surface area contributed by atoms with E-state index in [4.69, 9.17) is 9.26 Å². The van der Waals surface area contributed by atoms with Crippen molar-refractivity contribution >= 4 is 5.91 Å². The number of nitrogens with zero attached hydrogens (tertiary/aromatic N) is 3. The molecule has 0 spiro atoms. The van der Waals surface area contributed by atoms with Crippen LogP contribution >= 0.6 is 0 Å². The van der Waals surface area contributed by atoms with E-state index in [2.05, 4.69) is 29.1 Å². The van der Waals surface area contributed by atoms with Crippen LogP contribution in [0.5, 0.6) is 5.75 Å². The minimum absolute atomic E-state index is 0.0233. The third-order valence-corrected chi connectivity index (χ3v) is 5.69.